The molecule has 98 valence electrons. The second-order valence-corrected chi connectivity index (χ2v) is 6.48. The van der Waals surface area contributed by atoms with Gasteiger partial charge in [0.1, 0.15) is 0 Å². The highest BCUT2D eigenvalue weighted by atomic mass is 31.2. The van der Waals surface area contributed by atoms with E-state index >= 15 is 0 Å². The minimum absolute atomic E-state index is 0.0820. The Kier molecular flexibility index (Phi) is 5.13. The van der Waals surface area contributed by atoms with Crippen LogP contribution in [-0.2, 0) is 15.8 Å². The van der Waals surface area contributed by atoms with Gasteiger partial charge >= 0.3 is 5.97 Å². The Hall–Kier alpha value is -1.58. The Morgan fingerprint density at radius 2 is 1.94 bits per heavy atom. The van der Waals surface area contributed by atoms with Crippen LogP contribution in [0.3, 0.4) is 0 Å². The predicted molar refractivity (Wildman–Crippen MR) is 69.6 cm³/mol. The van der Waals surface area contributed by atoms with Crippen LogP contribution in [0.1, 0.15) is 5.56 Å². The molecule has 0 saturated carbocycles. The summed E-state index contributed by atoms with van der Waals surface area (Å²) in [5.74, 6) is -1.21. The average Bonchev–Trinajstić information content (AvgIpc) is 2.26. The molecule has 0 spiro atoms. The van der Waals surface area contributed by atoms with Crippen molar-refractivity contribution in [1.29, 1.82) is 0 Å². The van der Waals surface area contributed by atoms with Gasteiger partial charge < -0.3 is 15.7 Å². The van der Waals surface area contributed by atoms with Crippen molar-refractivity contribution in [1.82, 2.24) is 0 Å². The second kappa shape index (κ2) is 6.38. The number of nitrogens with two attached hydrogens (primary N) is 1. The number of hydrogen-bond acceptors (Lipinski definition) is 3. The largest absolute Gasteiger partial charge is 0.478 e. The molecule has 0 aromatic heterocycles. The number of benzene rings is 1. The van der Waals surface area contributed by atoms with E-state index in [0.29, 0.717) is 6.42 Å². The SMILES string of the molecule is N/C(=C\C(=O)O)CP(=O)(O)CCc1ccccc1. The summed E-state index contributed by atoms with van der Waals surface area (Å²) >= 11 is 0. The third-order valence-electron chi connectivity index (χ3n) is 2.33. The Labute approximate surface area is 105 Å². The molecule has 0 bridgehead atoms. The highest BCUT2D eigenvalue weighted by Gasteiger charge is 2.19. The first-order valence-corrected chi connectivity index (χ1v) is 7.46. The van der Waals surface area contributed by atoms with Crippen LogP contribution >= 0.6 is 7.37 Å². The maximum atomic E-state index is 11.8. The van der Waals surface area contributed by atoms with Crippen molar-refractivity contribution < 1.29 is 19.4 Å². The molecule has 4 N–H and O–H groups in total. The highest BCUT2D eigenvalue weighted by molar-refractivity contribution is 7.58. The molecular weight excluding hydrogens is 253 g/mol. The van der Waals surface area contributed by atoms with Gasteiger partial charge in [-0.15, -0.1) is 0 Å². The maximum Gasteiger partial charge on any atom is 0.330 e. The molecular formula is C12H16NO4P. The van der Waals surface area contributed by atoms with E-state index in [4.69, 9.17) is 10.8 Å². The summed E-state index contributed by atoms with van der Waals surface area (Å²) in [5.41, 5.74) is 6.26. The van der Waals surface area contributed by atoms with Gasteiger partial charge in [0.2, 0.25) is 7.37 Å². The minimum Gasteiger partial charge on any atom is -0.478 e. The lowest BCUT2D eigenvalue weighted by atomic mass is 10.2. The lowest BCUT2D eigenvalue weighted by Crippen LogP contribution is -2.09. The van der Waals surface area contributed by atoms with Crippen molar-refractivity contribution >= 4 is 13.3 Å². The van der Waals surface area contributed by atoms with E-state index in [1.807, 2.05) is 30.3 Å². The number of aryl methyl sites for hydroxylation is 1. The zero-order valence-corrected chi connectivity index (χ0v) is 10.7. The molecule has 1 aromatic rings. The third-order valence-corrected chi connectivity index (χ3v) is 4.11. The Morgan fingerprint density at radius 3 is 2.50 bits per heavy atom. The van der Waals surface area contributed by atoms with Gasteiger partial charge in [-0.2, -0.15) is 0 Å². The highest BCUT2D eigenvalue weighted by Crippen LogP contribution is 2.41. The molecule has 1 unspecified atom stereocenters. The van der Waals surface area contributed by atoms with E-state index in [-0.39, 0.29) is 18.0 Å². The number of rotatable bonds is 6. The van der Waals surface area contributed by atoms with E-state index in [1.54, 1.807) is 0 Å². The Morgan fingerprint density at radius 1 is 1.33 bits per heavy atom. The fraction of sp³-hybridized carbons (Fsp3) is 0.250. The normalized spacial score (nSPS) is 15.1. The molecule has 6 heteroatoms. The number of hydrogen-bond donors (Lipinski definition) is 3. The standard InChI is InChI=1S/C12H16NO4P/c13-11(8-12(14)15)9-18(16,17)7-6-10-4-2-1-3-5-10/h1-5,8H,6-7,9,13H2,(H,14,15)(H,16,17)/b11-8-. The average molecular weight is 269 g/mol. The molecule has 18 heavy (non-hydrogen) atoms. The smallest absolute Gasteiger partial charge is 0.330 e. The molecule has 0 aliphatic rings. The summed E-state index contributed by atoms with van der Waals surface area (Å²) in [5, 5.41) is 8.46. The minimum atomic E-state index is -3.43. The summed E-state index contributed by atoms with van der Waals surface area (Å²) in [4.78, 5) is 20.0. The first kappa shape index (κ1) is 14.5. The van der Waals surface area contributed by atoms with E-state index in [0.717, 1.165) is 11.6 Å². The van der Waals surface area contributed by atoms with Gasteiger partial charge in [-0.25, -0.2) is 4.79 Å². The van der Waals surface area contributed by atoms with Crippen LogP contribution < -0.4 is 5.73 Å². The number of allylic oxidation sites excluding steroid dienone is 1. The summed E-state index contributed by atoms with van der Waals surface area (Å²) in [6, 6.07) is 9.33. The zero-order chi connectivity index (χ0) is 13.6. The Bertz CT molecular complexity index is 484. The first-order chi connectivity index (χ1) is 8.39. The molecule has 0 saturated heterocycles. The monoisotopic (exact) mass is 269 g/mol. The molecule has 1 rings (SSSR count). The molecule has 0 aliphatic heterocycles. The van der Waals surface area contributed by atoms with Gasteiger partial charge in [-0.05, 0) is 12.0 Å². The van der Waals surface area contributed by atoms with Crippen LogP contribution in [0.25, 0.3) is 0 Å². The second-order valence-electron chi connectivity index (χ2n) is 4.02. The first-order valence-electron chi connectivity index (χ1n) is 5.43. The molecule has 1 atom stereocenters. The number of aliphatic carboxylic acids is 1. The van der Waals surface area contributed by atoms with Crippen molar-refractivity contribution in [3.8, 4) is 0 Å². The topological polar surface area (TPSA) is 101 Å². The lowest BCUT2D eigenvalue weighted by Gasteiger charge is -2.11. The number of carbonyl (C=O) groups is 1. The van der Waals surface area contributed by atoms with E-state index < -0.39 is 13.3 Å². The molecule has 5 nitrogen and oxygen atoms in total. The van der Waals surface area contributed by atoms with Crippen LogP contribution in [-0.4, -0.2) is 28.3 Å². The van der Waals surface area contributed by atoms with Crippen LogP contribution in [0.2, 0.25) is 0 Å². The van der Waals surface area contributed by atoms with Crippen molar-refractivity contribution in [3.63, 3.8) is 0 Å². The van der Waals surface area contributed by atoms with Crippen LogP contribution in [0.4, 0.5) is 0 Å². The van der Waals surface area contributed by atoms with Crippen LogP contribution in [0.15, 0.2) is 42.1 Å². The molecule has 1 aromatic carbocycles. The summed E-state index contributed by atoms with van der Waals surface area (Å²) in [7, 11) is -3.43. The molecule has 0 fully saturated rings. The summed E-state index contributed by atoms with van der Waals surface area (Å²) in [6.45, 7) is 0. The molecule has 0 heterocycles. The van der Waals surface area contributed by atoms with Gasteiger partial charge in [0.15, 0.2) is 0 Å². The van der Waals surface area contributed by atoms with Crippen molar-refractivity contribution in [2.75, 3.05) is 12.3 Å². The number of carboxylic acid groups (broad SMARTS) is 1. The van der Waals surface area contributed by atoms with E-state index in [1.165, 1.54) is 0 Å². The van der Waals surface area contributed by atoms with Gasteiger partial charge in [0.05, 0.1) is 6.16 Å². The predicted octanol–water partition coefficient (Wildman–Crippen LogP) is 1.43. The molecule has 0 radical (unpaired) electrons. The van der Waals surface area contributed by atoms with E-state index in [9.17, 15) is 14.3 Å². The van der Waals surface area contributed by atoms with Gasteiger partial charge in [0.25, 0.3) is 0 Å². The number of carboxylic acids is 1. The summed E-state index contributed by atoms with van der Waals surface area (Å²) < 4.78 is 11.8. The molecule has 0 amide bonds. The zero-order valence-electron chi connectivity index (χ0n) is 9.82. The van der Waals surface area contributed by atoms with Crippen molar-refractivity contribution in [3.05, 3.63) is 47.7 Å². The van der Waals surface area contributed by atoms with Gasteiger partial charge in [-0.1, -0.05) is 30.3 Å². The molecule has 0 aliphatic carbocycles. The van der Waals surface area contributed by atoms with Gasteiger partial charge in [0, 0.05) is 17.9 Å². The van der Waals surface area contributed by atoms with E-state index in [2.05, 4.69) is 0 Å². The van der Waals surface area contributed by atoms with Crippen molar-refractivity contribution in [2.24, 2.45) is 5.73 Å². The quantitative estimate of drug-likeness (QED) is 0.535. The summed E-state index contributed by atoms with van der Waals surface area (Å²) in [6.07, 6.45) is 1.03. The maximum absolute atomic E-state index is 11.8. The fourth-order valence-electron chi connectivity index (χ4n) is 1.52. The van der Waals surface area contributed by atoms with Crippen LogP contribution in [0.5, 0.6) is 0 Å². The third kappa shape index (κ3) is 5.66. The fourth-order valence-corrected chi connectivity index (χ4v) is 2.94. The van der Waals surface area contributed by atoms with Gasteiger partial charge in [-0.3, -0.25) is 4.57 Å². The van der Waals surface area contributed by atoms with Crippen molar-refractivity contribution in [2.45, 2.75) is 6.42 Å². The Balaban J connectivity index is 2.55. The lowest BCUT2D eigenvalue weighted by molar-refractivity contribution is -0.131. The van der Waals surface area contributed by atoms with Crippen LogP contribution in [0, 0.1) is 0 Å².